The van der Waals surface area contributed by atoms with E-state index in [0.29, 0.717) is 0 Å². The lowest BCUT2D eigenvalue weighted by Gasteiger charge is -2.34. The predicted molar refractivity (Wildman–Crippen MR) is 85.6 cm³/mol. The van der Waals surface area contributed by atoms with Gasteiger partial charge >= 0.3 is 0 Å². The number of hydrogen-bond acceptors (Lipinski definition) is 2. The van der Waals surface area contributed by atoms with Gasteiger partial charge in [-0.1, -0.05) is 40.0 Å². The summed E-state index contributed by atoms with van der Waals surface area (Å²) in [6.45, 7) is 10.6. The van der Waals surface area contributed by atoms with E-state index in [0.717, 1.165) is 17.9 Å². The van der Waals surface area contributed by atoms with Crippen LogP contribution in [-0.4, -0.2) is 37.6 Å². The molecular weight excluding hydrogens is 232 g/mol. The van der Waals surface area contributed by atoms with Crippen LogP contribution in [0.3, 0.4) is 0 Å². The van der Waals surface area contributed by atoms with Gasteiger partial charge in [0.2, 0.25) is 0 Å². The van der Waals surface area contributed by atoms with Gasteiger partial charge in [-0.05, 0) is 64.2 Å². The predicted octanol–water partition coefficient (Wildman–Crippen LogP) is 3.91. The van der Waals surface area contributed by atoms with E-state index in [-0.39, 0.29) is 0 Å². The molecule has 2 heteroatoms. The van der Waals surface area contributed by atoms with Gasteiger partial charge in [0.05, 0.1) is 0 Å². The molecule has 1 rings (SSSR count). The van der Waals surface area contributed by atoms with E-state index in [1.807, 2.05) is 0 Å². The average Bonchev–Trinajstić information content (AvgIpc) is 2.37. The zero-order chi connectivity index (χ0) is 14.1. The van der Waals surface area contributed by atoms with E-state index < -0.39 is 0 Å². The van der Waals surface area contributed by atoms with E-state index in [9.17, 15) is 0 Å². The maximum Gasteiger partial charge on any atom is 0.00947 e. The van der Waals surface area contributed by atoms with Crippen molar-refractivity contribution < 1.29 is 0 Å². The van der Waals surface area contributed by atoms with Gasteiger partial charge in [0.1, 0.15) is 0 Å². The van der Waals surface area contributed by atoms with Crippen molar-refractivity contribution in [3.05, 3.63) is 0 Å². The van der Waals surface area contributed by atoms with E-state index in [1.165, 1.54) is 64.6 Å². The van der Waals surface area contributed by atoms with Gasteiger partial charge in [-0.3, -0.25) is 0 Å². The average molecular weight is 268 g/mol. The maximum atomic E-state index is 3.53. The van der Waals surface area contributed by atoms with Gasteiger partial charge in [0, 0.05) is 6.04 Å². The Labute approximate surface area is 121 Å². The van der Waals surface area contributed by atoms with Crippen molar-refractivity contribution in [2.75, 3.05) is 26.7 Å². The number of hydrogen-bond donors (Lipinski definition) is 1. The molecule has 1 N–H and O–H groups in total. The molecule has 2 atom stereocenters. The summed E-state index contributed by atoms with van der Waals surface area (Å²) in [6, 6.07) is 0.864. The minimum atomic E-state index is 0.777. The highest BCUT2D eigenvalue weighted by Crippen LogP contribution is 2.26. The molecule has 0 bridgehead atoms. The Morgan fingerprint density at radius 1 is 1.16 bits per heavy atom. The van der Waals surface area contributed by atoms with Crippen molar-refractivity contribution in [2.45, 2.75) is 71.8 Å². The molecule has 19 heavy (non-hydrogen) atoms. The Kier molecular flexibility index (Phi) is 8.72. The summed E-state index contributed by atoms with van der Waals surface area (Å²) in [5.41, 5.74) is 0. The molecule has 0 spiro atoms. The van der Waals surface area contributed by atoms with E-state index in [2.05, 4.69) is 38.0 Å². The summed E-state index contributed by atoms with van der Waals surface area (Å²) in [6.07, 6.45) is 9.81. The summed E-state index contributed by atoms with van der Waals surface area (Å²) < 4.78 is 0. The lowest BCUT2D eigenvalue weighted by molar-refractivity contribution is 0.161. The van der Waals surface area contributed by atoms with Crippen LogP contribution >= 0.6 is 0 Å². The molecule has 0 aliphatic heterocycles. The second-order valence-corrected chi connectivity index (χ2v) is 7.06. The molecule has 114 valence electrons. The third kappa shape index (κ3) is 7.94. The van der Waals surface area contributed by atoms with Crippen LogP contribution in [-0.2, 0) is 0 Å². The number of unbranched alkanes of at least 4 members (excludes halogenated alkanes) is 2. The lowest BCUT2D eigenvalue weighted by atomic mass is 9.86. The molecule has 0 aromatic carbocycles. The lowest BCUT2D eigenvalue weighted by Crippen LogP contribution is -2.36. The molecule has 1 aliphatic carbocycles. The molecule has 0 aromatic rings. The molecule has 0 heterocycles. The summed E-state index contributed by atoms with van der Waals surface area (Å²) in [7, 11) is 2.33. The molecule has 0 aromatic heterocycles. The highest BCUT2D eigenvalue weighted by Gasteiger charge is 2.21. The Hall–Kier alpha value is -0.0800. The number of nitrogens with zero attached hydrogens (tertiary/aromatic N) is 1. The normalized spacial score (nSPS) is 24.3. The fraction of sp³-hybridized carbons (Fsp3) is 1.00. The summed E-state index contributed by atoms with van der Waals surface area (Å²) >= 11 is 0. The van der Waals surface area contributed by atoms with Crippen LogP contribution in [0.1, 0.15) is 65.7 Å². The largest absolute Gasteiger partial charge is 0.316 e. The molecule has 1 fully saturated rings. The van der Waals surface area contributed by atoms with Crippen molar-refractivity contribution in [3.63, 3.8) is 0 Å². The van der Waals surface area contributed by atoms with Gasteiger partial charge in [-0.15, -0.1) is 0 Å². The SMILES string of the molecule is CC(C)CNCCCCCN(C)C1CCCC(C)C1. The van der Waals surface area contributed by atoms with Crippen LogP contribution < -0.4 is 5.32 Å². The fourth-order valence-electron chi connectivity index (χ4n) is 3.16. The first-order valence-electron chi connectivity index (χ1n) is 8.50. The minimum Gasteiger partial charge on any atom is -0.316 e. The van der Waals surface area contributed by atoms with Gasteiger partial charge < -0.3 is 10.2 Å². The van der Waals surface area contributed by atoms with E-state index >= 15 is 0 Å². The van der Waals surface area contributed by atoms with Crippen LogP contribution in [0.2, 0.25) is 0 Å². The second kappa shape index (κ2) is 9.77. The molecular formula is C17H36N2. The van der Waals surface area contributed by atoms with Crippen LogP contribution in [0.25, 0.3) is 0 Å². The zero-order valence-electron chi connectivity index (χ0n) is 13.8. The smallest absolute Gasteiger partial charge is 0.00947 e. The third-order valence-electron chi connectivity index (χ3n) is 4.45. The summed E-state index contributed by atoms with van der Waals surface area (Å²) in [5, 5.41) is 3.53. The highest BCUT2D eigenvalue weighted by atomic mass is 15.1. The molecule has 0 amide bonds. The van der Waals surface area contributed by atoms with Crippen molar-refractivity contribution in [1.29, 1.82) is 0 Å². The van der Waals surface area contributed by atoms with Gasteiger partial charge in [-0.2, -0.15) is 0 Å². The van der Waals surface area contributed by atoms with Crippen LogP contribution in [0.5, 0.6) is 0 Å². The van der Waals surface area contributed by atoms with Gasteiger partial charge in [0.15, 0.2) is 0 Å². The molecule has 2 unspecified atom stereocenters. The highest BCUT2D eigenvalue weighted by molar-refractivity contribution is 4.76. The topological polar surface area (TPSA) is 15.3 Å². The Bertz CT molecular complexity index is 215. The monoisotopic (exact) mass is 268 g/mol. The molecule has 0 radical (unpaired) electrons. The van der Waals surface area contributed by atoms with Crippen LogP contribution in [0.15, 0.2) is 0 Å². The molecule has 1 saturated carbocycles. The molecule has 2 nitrogen and oxygen atoms in total. The van der Waals surface area contributed by atoms with Crippen LogP contribution in [0.4, 0.5) is 0 Å². The van der Waals surface area contributed by atoms with Crippen molar-refractivity contribution in [1.82, 2.24) is 10.2 Å². The molecule has 1 aliphatic rings. The maximum absolute atomic E-state index is 3.53. The van der Waals surface area contributed by atoms with Crippen molar-refractivity contribution in [2.24, 2.45) is 11.8 Å². The standard InChI is InChI=1S/C17H36N2/c1-15(2)14-18-11-6-5-7-12-19(4)17-10-8-9-16(3)13-17/h15-18H,5-14H2,1-4H3. The number of rotatable bonds is 9. The van der Waals surface area contributed by atoms with Crippen molar-refractivity contribution in [3.8, 4) is 0 Å². The quantitative estimate of drug-likeness (QED) is 0.638. The van der Waals surface area contributed by atoms with Crippen molar-refractivity contribution >= 4 is 0 Å². The minimum absolute atomic E-state index is 0.777. The second-order valence-electron chi connectivity index (χ2n) is 7.06. The number of nitrogens with one attached hydrogen (secondary N) is 1. The first-order valence-corrected chi connectivity index (χ1v) is 8.50. The Balaban J connectivity index is 1.96. The van der Waals surface area contributed by atoms with Gasteiger partial charge in [-0.25, -0.2) is 0 Å². The summed E-state index contributed by atoms with van der Waals surface area (Å²) in [5.74, 6) is 1.72. The van der Waals surface area contributed by atoms with E-state index in [1.54, 1.807) is 0 Å². The zero-order valence-corrected chi connectivity index (χ0v) is 13.8. The Morgan fingerprint density at radius 2 is 1.95 bits per heavy atom. The van der Waals surface area contributed by atoms with Gasteiger partial charge in [0.25, 0.3) is 0 Å². The third-order valence-corrected chi connectivity index (χ3v) is 4.45. The summed E-state index contributed by atoms with van der Waals surface area (Å²) in [4.78, 5) is 2.62. The van der Waals surface area contributed by atoms with E-state index in [4.69, 9.17) is 0 Å². The first-order chi connectivity index (χ1) is 9.09. The Morgan fingerprint density at radius 3 is 2.63 bits per heavy atom. The first kappa shape index (κ1) is 17.0. The van der Waals surface area contributed by atoms with Crippen LogP contribution in [0, 0.1) is 11.8 Å². The molecule has 0 saturated heterocycles. The fourth-order valence-corrected chi connectivity index (χ4v) is 3.16.